The molecule has 0 atom stereocenters. The number of rotatable bonds is 4. The number of pyridine rings is 1. The van der Waals surface area contributed by atoms with E-state index in [2.05, 4.69) is 17.0 Å². The van der Waals surface area contributed by atoms with Crippen LogP contribution in [-0.2, 0) is 11.2 Å². The van der Waals surface area contributed by atoms with E-state index in [0.717, 1.165) is 17.8 Å². The number of nitrogens with zero attached hydrogens (tertiary/aromatic N) is 3. The molecule has 2 heterocycles. The van der Waals surface area contributed by atoms with Crippen LogP contribution in [0.4, 0.5) is 5.69 Å². The highest BCUT2D eigenvalue weighted by atomic mass is 16.5. The summed E-state index contributed by atoms with van der Waals surface area (Å²) in [6.07, 6.45) is 2.36. The lowest BCUT2D eigenvalue weighted by Crippen LogP contribution is -2.11. The number of ether oxygens (including phenoxy) is 1. The molecule has 0 spiro atoms. The number of nitrogens with two attached hydrogens (primary N) is 1. The third-order valence-electron chi connectivity index (χ3n) is 3.43. The monoisotopic (exact) mass is 288 g/mol. The number of anilines is 1. The highest BCUT2D eigenvalue weighted by Crippen LogP contribution is 2.20. The lowest BCUT2D eigenvalue weighted by molar-refractivity contribution is 0.0527. The van der Waals surface area contributed by atoms with Gasteiger partial charge in [0, 0.05) is 5.69 Å². The topological polar surface area (TPSA) is 83.0 Å². The minimum absolute atomic E-state index is 0.300. The number of aryl methyl sites for hydroxylation is 1. The van der Waals surface area contributed by atoms with E-state index in [1.54, 1.807) is 17.7 Å². The van der Waals surface area contributed by atoms with Crippen molar-refractivity contribution in [3.8, 4) is 5.82 Å². The van der Waals surface area contributed by atoms with Gasteiger partial charge in [-0.05, 0) is 38.8 Å². The molecule has 2 N–H and O–H groups in total. The van der Waals surface area contributed by atoms with Crippen LogP contribution in [0.2, 0.25) is 0 Å². The first-order chi connectivity index (χ1) is 9.99. The fourth-order valence-electron chi connectivity index (χ4n) is 2.37. The average Bonchev–Trinajstić information content (AvgIpc) is 2.74. The summed E-state index contributed by atoms with van der Waals surface area (Å²) in [6.45, 7) is 8.09. The molecule has 112 valence electrons. The molecule has 0 aromatic carbocycles. The molecule has 21 heavy (non-hydrogen) atoms. The van der Waals surface area contributed by atoms with Crippen LogP contribution >= 0.6 is 0 Å². The third-order valence-corrected chi connectivity index (χ3v) is 3.43. The smallest absolute Gasteiger partial charge is 0.340 e. The summed E-state index contributed by atoms with van der Waals surface area (Å²) in [5.74, 6) is 0.114. The third kappa shape index (κ3) is 2.74. The van der Waals surface area contributed by atoms with Crippen LogP contribution in [0.3, 0.4) is 0 Å². The molecule has 6 heteroatoms. The zero-order valence-electron chi connectivity index (χ0n) is 12.8. The van der Waals surface area contributed by atoms with Crippen molar-refractivity contribution in [2.75, 3.05) is 12.3 Å². The van der Waals surface area contributed by atoms with Gasteiger partial charge >= 0.3 is 5.97 Å². The van der Waals surface area contributed by atoms with Gasteiger partial charge in [-0.1, -0.05) is 6.92 Å². The van der Waals surface area contributed by atoms with Crippen LogP contribution in [0, 0.1) is 13.8 Å². The summed E-state index contributed by atoms with van der Waals surface area (Å²) < 4.78 is 6.74. The van der Waals surface area contributed by atoms with Crippen molar-refractivity contribution in [1.82, 2.24) is 14.8 Å². The normalized spacial score (nSPS) is 10.7. The molecular formula is C15H20N4O2. The molecule has 0 unspecified atom stereocenters. The molecule has 0 aliphatic rings. The Hall–Kier alpha value is -2.37. The highest BCUT2D eigenvalue weighted by Gasteiger charge is 2.16. The van der Waals surface area contributed by atoms with E-state index in [-0.39, 0.29) is 0 Å². The molecule has 0 saturated carbocycles. The SMILES string of the molecule is CCOC(=O)c1cc(-n2nc(C)c(CC)c2C)ncc1N. The molecule has 2 rings (SSSR count). The Kier molecular flexibility index (Phi) is 4.26. The molecule has 0 fully saturated rings. The largest absolute Gasteiger partial charge is 0.462 e. The molecule has 2 aromatic rings. The predicted molar refractivity (Wildman–Crippen MR) is 80.6 cm³/mol. The predicted octanol–water partition coefficient (Wildman–Crippen LogP) is 2.21. The van der Waals surface area contributed by atoms with Crippen LogP contribution < -0.4 is 5.73 Å². The molecule has 0 saturated heterocycles. The number of nitrogen functional groups attached to an aromatic ring is 1. The van der Waals surface area contributed by atoms with Crippen molar-refractivity contribution < 1.29 is 9.53 Å². The number of carbonyl (C=O) groups is 1. The molecule has 0 aliphatic heterocycles. The Balaban J connectivity index is 2.51. The quantitative estimate of drug-likeness (QED) is 0.872. The Morgan fingerprint density at radius 3 is 2.67 bits per heavy atom. The van der Waals surface area contributed by atoms with E-state index < -0.39 is 5.97 Å². The minimum Gasteiger partial charge on any atom is -0.462 e. The molecule has 6 nitrogen and oxygen atoms in total. The standard InChI is InChI=1S/C15H20N4O2/c1-5-11-9(3)18-19(10(11)4)14-7-12(13(16)8-17-14)15(20)21-6-2/h7-8H,5-6,16H2,1-4H3. The van der Waals surface area contributed by atoms with Gasteiger partial charge in [0.15, 0.2) is 5.82 Å². The maximum Gasteiger partial charge on any atom is 0.340 e. The first kappa shape index (κ1) is 15.0. The van der Waals surface area contributed by atoms with E-state index in [4.69, 9.17) is 10.5 Å². The Morgan fingerprint density at radius 2 is 2.10 bits per heavy atom. The van der Waals surface area contributed by atoms with Gasteiger partial charge in [0.1, 0.15) is 0 Å². The molecule has 0 radical (unpaired) electrons. The minimum atomic E-state index is -0.448. The van der Waals surface area contributed by atoms with E-state index in [1.165, 1.54) is 11.8 Å². The lowest BCUT2D eigenvalue weighted by Gasteiger charge is -2.09. The molecule has 0 bridgehead atoms. The van der Waals surface area contributed by atoms with Gasteiger partial charge in [0.2, 0.25) is 0 Å². The zero-order chi connectivity index (χ0) is 15.6. The van der Waals surface area contributed by atoms with Crippen molar-refractivity contribution >= 4 is 11.7 Å². The Morgan fingerprint density at radius 1 is 1.38 bits per heavy atom. The van der Waals surface area contributed by atoms with Gasteiger partial charge < -0.3 is 10.5 Å². The molecule has 0 amide bonds. The summed E-state index contributed by atoms with van der Waals surface area (Å²) in [7, 11) is 0. The fraction of sp³-hybridized carbons (Fsp3) is 0.400. The highest BCUT2D eigenvalue weighted by molar-refractivity contribution is 5.95. The van der Waals surface area contributed by atoms with Crippen molar-refractivity contribution in [3.63, 3.8) is 0 Å². The van der Waals surface area contributed by atoms with Gasteiger partial charge in [0.05, 0.1) is 29.7 Å². The second kappa shape index (κ2) is 5.95. The van der Waals surface area contributed by atoms with Crippen LogP contribution in [0.1, 0.15) is 41.2 Å². The van der Waals surface area contributed by atoms with Gasteiger partial charge in [0.25, 0.3) is 0 Å². The van der Waals surface area contributed by atoms with Crippen LogP contribution in [-0.4, -0.2) is 27.3 Å². The maximum atomic E-state index is 11.9. The van der Waals surface area contributed by atoms with Crippen molar-refractivity contribution in [1.29, 1.82) is 0 Å². The summed E-state index contributed by atoms with van der Waals surface area (Å²) in [4.78, 5) is 16.2. The van der Waals surface area contributed by atoms with E-state index in [9.17, 15) is 4.79 Å². The van der Waals surface area contributed by atoms with Crippen LogP contribution in [0.15, 0.2) is 12.3 Å². The average molecular weight is 288 g/mol. The maximum absolute atomic E-state index is 11.9. The molecule has 0 aliphatic carbocycles. The summed E-state index contributed by atoms with van der Waals surface area (Å²) in [6, 6.07) is 1.62. The molecular weight excluding hydrogens is 268 g/mol. The van der Waals surface area contributed by atoms with Crippen molar-refractivity contribution in [2.45, 2.75) is 34.1 Å². The first-order valence-corrected chi connectivity index (χ1v) is 6.97. The Labute approximate surface area is 123 Å². The Bertz CT molecular complexity index is 677. The van der Waals surface area contributed by atoms with Crippen molar-refractivity contribution in [3.05, 3.63) is 34.8 Å². The van der Waals surface area contributed by atoms with Gasteiger partial charge in [-0.3, -0.25) is 0 Å². The number of hydrogen-bond donors (Lipinski definition) is 1. The fourth-order valence-corrected chi connectivity index (χ4v) is 2.37. The van der Waals surface area contributed by atoms with Crippen LogP contribution in [0.5, 0.6) is 0 Å². The van der Waals surface area contributed by atoms with Gasteiger partial charge in [-0.15, -0.1) is 0 Å². The molecule has 2 aromatic heterocycles. The number of aromatic nitrogens is 3. The second-order valence-electron chi connectivity index (χ2n) is 4.76. The van der Waals surface area contributed by atoms with Gasteiger partial charge in [-0.25, -0.2) is 14.5 Å². The first-order valence-electron chi connectivity index (χ1n) is 6.97. The summed E-state index contributed by atoms with van der Waals surface area (Å²) in [5.41, 5.74) is 9.58. The zero-order valence-corrected chi connectivity index (χ0v) is 12.8. The van der Waals surface area contributed by atoms with E-state index >= 15 is 0 Å². The second-order valence-corrected chi connectivity index (χ2v) is 4.76. The number of hydrogen-bond acceptors (Lipinski definition) is 5. The van der Waals surface area contributed by atoms with E-state index in [1.807, 2.05) is 13.8 Å². The summed E-state index contributed by atoms with van der Waals surface area (Å²) in [5, 5.41) is 4.49. The van der Waals surface area contributed by atoms with Crippen molar-refractivity contribution in [2.24, 2.45) is 0 Å². The van der Waals surface area contributed by atoms with E-state index in [0.29, 0.717) is 23.7 Å². The summed E-state index contributed by atoms with van der Waals surface area (Å²) >= 11 is 0. The lowest BCUT2D eigenvalue weighted by atomic mass is 10.1. The number of carbonyl (C=O) groups excluding carboxylic acids is 1. The van der Waals surface area contributed by atoms with Crippen LogP contribution in [0.25, 0.3) is 5.82 Å². The number of esters is 1. The van der Waals surface area contributed by atoms with Gasteiger partial charge in [-0.2, -0.15) is 5.10 Å².